The lowest BCUT2D eigenvalue weighted by Crippen LogP contribution is -2.32. The van der Waals surface area contributed by atoms with E-state index in [-0.39, 0.29) is 0 Å². The Morgan fingerprint density at radius 3 is 2.71 bits per heavy atom. The van der Waals surface area contributed by atoms with E-state index in [9.17, 15) is 0 Å². The zero-order valence-electron chi connectivity index (χ0n) is 12.5. The number of hydrogen-bond donors (Lipinski definition) is 1. The minimum absolute atomic E-state index is 0.462. The molecule has 0 amide bonds. The molecule has 21 heavy (non-hydrogen) atoms. The fourth-order valence-electron chi connectivity index (χ4n) is 3.22. The second kappa shape index (κ2) is 5.49. The molecule has 1 heterocycles. The van der Waals surface area contributed by atoms with E-state index in [0.29, 0.717) is 10.9 Å². The Balaban J connectivity index is 2.20. The van der Waals surface area contributed by atoms with Crippen LogP contribution in [0.25, 0.3) is 0 Å². The zero-order valence-corrected chi connectivity index (χ0v) is 13.3. The molecule has 0 bridgehead atoms. The highest BCUT2D eigenvalue weighted by molar-refractivity contribution is 7.80. The van der Waals surface area contributed by atoms with E-state index in [1.807, 2.05) is 12.1 Å². The molecule has 2 N–H and O–H groups in total. The second-order valence-corrected chi connectivity index (χ2v) is 6.32. The monoisotopic (exact) mass is 296 g/mol. The molecule has 3 rings (SSSR count). The molecule has 0 aliphatic carbocycles. The van der Waals surface area contributed by atoms with Gasteiger partial charge in [0, 0.05) is 17.8 Å². The van der Waals surface area contributed by atoms with Crippen LogP contribution in [0, 0.1) is 12.8 Å². The third-order valence-electron chi connectivity index (χ3n) is 4.12. The molecule has 2 aromatic rings. The van der Waals surface area contributed by atoms with Crippen molar-refractivity contribution in [2.45, 2.75) is 20.3 Å². The molecule has 1 atom stereocenters. The van der Waals surface area contributed by atoms with Crippen LogP contribution in [0.2, 0.25) is 0 Å². The number of para-hydroxylation sites is 2. The van der Waals surface area contributed by atoms with E-state index >= 15 is 0 Å². The van der Waals surface area contributed by atoms with Crippen LogP contribution in [0.15, 0.2) is 42.5 Å². The first kappa shape index (κ1) is 14.1. The predicted molar refractivity (Wildman–Crippen MR) is 93.4 cm³/mol. The summed E-state index contributed by atoms with van der Waals surface area (Å²) in [6, 6.07) is 14.8. The number of anilines is 2. The Morgan fingerprint density at radius 2 is 1.95 bits per heavy atom. The van der Waals surface area contributed by atoms with Gasteiger partial charge >= 0.3 is 0 Å². The van der Waals surface area contributed by atoms with E-state index in [1.165, 1.54) is 16.8 Å². The van der Waals surface area contributed by atoms with E-state index in [2.05, 4.69) is 49.1 Å². The van der Waals surface area contributed by atoms with Gasteiger partial charge in [-0.05, 0) is 42.5 Å². The molecule has 108 valence electrons. The van der Waals surface area contributed by atoms with E-state index < -0.39 is 0 Å². The molecule has 0 fully saturated rings. The van der Waals surface area contributed by atoms with Crippen molar-refractivity contribution < 1.29 is 0 Å². The minimum atomic E-state index is 0.462. The van der Waals surface area contributed by atoms with Crippen LogP contribution in [0.4, 0.5) is 11.4 Å². The SMILES string of the molecule is Cc1cccc(C(N)=S)c1N1CC(C)Cc2ccccc21. The molecule has 0 aromatic heterocycles. The molecule has 0 radical (unpaired) electrons. The molecule has 0 spiro atoms. The number of nitrogens with zero attached hydrogens (tertiary/aromatic N) is 1. The highest BCUT2D eigenvalue weighted by Gasteiger charge is 2.25. The maximum atomic E-state index is 5.95. The third-order valence-corrected chi connectivity index (χ3v) is 4.34. The number of fused-ring (bicyclic) bond motifs is 1. The van der Waals surface area contributed by atoms with Gasteiger partial charge in [-0.25, -0.2) is 0 Å². The summed E-state index contributed by atoms with van der Waals surface area (Å²) in [4.78, 5) is 2.84. The first-order chi connectivity index (χ1) is 10.1. The van der Waals surface area contributed by atoms with Crippen molar-refractivity contribution in [1.82, 2.24) is 0 Å². The minimum Gasteiger partial charge on any atom is -0.389 e. The predicted octanol–water partition coefficient (Wildman–Crippen LogP) is 3.96. The van der Waals surface area contributed by atoms with Gasteiger partial charge in [-0.3, -0.25) is 0 Å². The average molecular weight is 296 g/mol. The number of benzene rings is 2. The quantitative estimate of drug-likeness (QED) is 0.851. The third kappa shape index (κ3) is 2.54. The molecule has 1 aliphatic rings. The van der Waals surface area contributed by atoms with Gasteiger partial charge in [0.25, 0.3) is 0 Å². The van der Waals surface area contributed by atoms with Gasteiger partial charge in [0.05, 0.1) is 5.69 Å². The number of nitrogens with two attached hydrogens (primary N) is 1. The van der Waals surface area contributed by atoms with Gasteiger partial charge in [-0.1, -0.05) is 49.5 Å². The summed E-state index contributed by atoms with van der Waals surface area (Å²) >= 11 is 5.26. The van der Waals surface area contributed by atoms with Gasteiger partial charge in [0.15, 0.2) is 0 Å². The topological polar surface area (TPSA) is 29.3 Å². The Bertz CT molecular complexity index is 693. The molecule has 0 saturated carbocycles. The van der Waals surface area contributed by atoms with Crippen LogP contribution < -0.4 is 10.6 Å². The normalized spacial score (nSPS) is 17.4. The van der Waals surface area contributed by atoms with Gasteiger partial charge in [0.1, 0.15) is 4.99 Å². The van der Waals surface area contributed by atoms with Crippen LogP contribution in [-0.4, -0.2) is 11.5 Å². The van der Waals surface area contributed by atoms with Gasteiger partial charge < -0.3 is 10.6 Å². The number of aryl methyl sites for hydroxylation is 1. The summed E-state index contributed by atoms with van der Waals surface area (Å²) in [7, 11) is 0. The van der Waals surface area contributed by atoms with Crippen LogP contribution in [-0.2, 0) is 6.42 Å². The van der Waals surface area contributed by atoms with Gasteiger partial charge in [-0.15, -0.1) is 0 Å². The van der Waals surface area contributed by atoms with Crippen LogP contribution in [0.3, 0.4) is 0 Å². The molecule has 1 aliphatic heterocycles. The lowest BCUT2D eigenvalue weighted by Gasteiger charge is -2.36. The summed E-state index contributed by atoms with van der Waals surface area (Å²) in [5.74, 6) is 0.610. The Morgan fingerprint density at radius 1 is 1.19 bits per heavy atom. The van der Waals surface area contributed by atoms with Crippen molar-refractivity contribution in [3.63, 3.8) is 0 Å². The van der Waals surface area contributed by atoms with Crippen molar-refractivity contribution in [3.8, 4) is 0 Å². The summed E-state index contributed by atoms with van der Waals surface area (Å²) in [5, 5.41) is 0. The second-order valence-electron chi connectivity index (χ2n) is 5.88. The summed E-state index contributed by atoms with van der Waals surface area (Å²) < 4.78 is 0. The Labute approximate surface area is 131 Å². The summed E-state index contributed by atoms with van der Waals surface area (Å²) in [6.07, 6.45) is 1.13. The van der Waals surface area contributed by atoms with Crippen molar-refractivity contribution >= 4 is 28.6 Å². The molecular formula is C18H20N2S. The smallest absolute Gasteiger partial charge is 0.106 e. The van der Waals surface area contributed by atoms with Gasteiger partial charge in [-0.2, -0.15) is 0 Å². The van der Waals surface area contributed by atoms with Crippen LogP contribution in [0.5, 0.6) is 0 Å². The van der Waals surface area contributed by atoms with Crippen LogP contribution >= 0.6 is 12.2 Å². The molecular weight excluding hydrogens is 276 g/mol. The number of thiocarbonyl (C=S) groups is 1. The lowest BCUT2D eigenvalue weighted by molar-refractivity contribution is 0.562. The first-order valence-electron chi connectivity index (χ1n) is 7.33. The largest absolute Gasteiger partial charge is 0.389 e. The highest BCUT2D eigenvalue weighted by Crippen LogP contribution is 2.38. The maximum Gasteiger partial charge on any atom is 0.106 e. The Kier molecular flexibility index (Phi) is 3.68. The Hall–Kier alpha value is -1.87. The average Bonchev–Trinajstić information content (AvgIpc) is 2.46. The lowest BCUT2D eigenvalue weighted by atomic mass is 9.92. The zero-order chi connectivity index (χ0) is 15.0. The van der Waals surface area contributed by atoms with Crippen molar-refractivity contribution in [3.05, 3.63) is 59.2 Å². The highest BCUT2D eigenvalue weighted by atomic mass is 32.1. The van der Waals surface area contributed by atoms with Crippen molar-refractivity contribution in [2.24, 2.45) is 11.7 Å². The molecule has 0 saturated heterocycles. The van der Waals surface area contributed by atoms with E-state index in [0.717, 1.165) is 24.2 Å². The molecule has 2 aromatic carbocycles. The maximum absolute atomic E-state index is 5.95. The van der Waals surface area contributed by atoms with E-state index in [1.54, 1.807) is 0 Å². The van der Waals surface area contributed by atoms with E-state index in [4.69, 9.17) is 18.0 Å². The standard InChI is InChI=1S/C18H20N2S/c1-12-10-14-7-3-4-9-16(14)20(11-12)17-13(2)6-5-8-15(17)18(19)21/h3-9,12H,10-11H2,1-2H3,(H2,19,21). The first-order valence-corrected chi connectivity index (χ1v) is 7.73. The van der Waals surface area contributed by atoms with Crippen LogP contribution in [0.1, 0.15) is 23.6 Å². The van der Waals surface area contributed by atoms with Crippen molar-refractivity contribution in [2.75, 3.05) is 11.4 Å². The van der Waals surface area contributed by atoms with Crippen molar-refractivity contribution in [1.29, 1.82) is 0 Å². The fraction of sp³-hybridized carbons (Fsp3) is 0.278. The van der Waals surface area contributed by atoms with Gasteiger partial charge in [0.2, 0.25) is 0 Å². The summed E-state index contributed by atoms with van der Waals surface area (Å²) in [6.45, 7) is 5.41. The number of hydrogen-bond acceptors (Lipinski definition) is 2. The number of rotatable bonds is 2. The molecule has 3 heteroatoms. The molecule has 2 nitrogen and oxygen atoms in total. The molecule has 1 unspecified atom stereocenters. The fourth-order valence-corrected chi connectivity index (χ4v) is 3.39. The summed E-state index contributed by atoms with van der Waals surface area (Å²) in [5.41, 5.74) is 12.0.